The number of carbonyl (C=O) groups excluding carboxylic acids is 1. The van der Waals surface area contributed by atoms with Gasteiger partial charge < -0.3 is 5.32 Å². The Kier molecular flexibility index (Phi) is 4.14. The van der Waals surface area contributed by atoms with Crippen LogP contribution < -0.4 is 5.32 Å². The van der Waals surface area contributed by atoms with E-state index in [1.54, 1.807) is 29.7 Å². The van der Waals surface area contributed by atoms with E-state index < -0.39 is 0 Å². The zero-order valence-electron chi connectivity index (χ0n) is 10.2. The van der Waals surface area contributed by atoms with Crippen molar-refractivity contribution in [2.24, 2.45) is 0 Å². The van der Waals surface area contributed by atoms with Gasteiger partial charge in [-0.1, -0.05) is 0 Å². The Balaban J connectivity index is 1.98. The second-order valence-corrected chi connectivity index (χ2v) is 6.25. The number of carbonyl (C=O) groups is 1. The van der Waals surface area contributed by atoms with Crippen molar-refractivity contribution in [2.75, 3.05) is 0 Å². The van der Waals surface area contributed by atoms with E-state index in [9.17, 15) is 4.79 Å². The lowest BCUT2D eigenvalue weighted by atomic mass is 10.3. The highest BCUT2D eigenvalue weighted by Crippen LogP contribution is 2.20. The standard InChI is InChI=1S/C13H13BrN2OS/c1-8-5-11(18-9(8)2)7-16-13(17)12-4-3-10(14)6-15-12/h3-6H,7H2,1-2H3,(H,16,17). The minimum Gasteiger partial charge on any atom is -0.346 e. The zero-order valence-corrected chi connectivity index (χ0v) is 12.6. The van der Waals surface area contributed by atoms with Crippen molar-refractivity contribution < 1.29 is 4.79 Å². The predicted molar refractivity (Wildman–Crippen MR) is 76.9 cm³/mol. The molecule has 2 aromatic rings. The molecule has 0 aliphatic rings. The fourth-order valence-corrected chi connectivity index (χ4v) is 2.73. The van der Waals surface area contributed by atoms with E-state index in [2.05, 4.69) is 46.1 Å². The van der Waals surface area contributed by atoms with E-state index in [0.717, 1.165) is 9.35 Å². The van der Waals surface area contributed by atoms with E-state index in [0.29, 0.717) is 12.2 Å². The van der Waals surface area contributed by atoms with Crippen molar-refractivity contribution >= 4 is 33.2 Å². The van der Waals surface area contributed by atoms with Crippen LogP contribution in [0.25, 0.3) is 0 Å². The van der Waals surface area contributed by atoms with Gasteiger partial charge in [0.15, 0.2) is 0 Å². The van der Waals surface area contributed by atoms with Crippen LogP contribution in [0.4, 0.5) is 0 Å². The number of thiophene rings is 1. The molecule has 0 saturated carbocycles. The Morgan fingerprint density at radius 3 is 2.78 bits per heavy atom. The minimum absolute atomic E-state index is 0.147. The van der Waals surface area contributed by atoms with E-state index in [1.165, 1.54) is 10.4 Å². The SMILES string of the molecule is Cc1cc(CNC(=O)c2ccc(Br)cn2)sc1C. The van der Waals surface area contributed by atoms with Crippen molar-refractivity contribution in [3.8, 4) is 0 Å². The molecule has 0 aromatic carbocycles. The smallest absolute Gasteiger partial charge is 0.270 e. The van der Waals surface area contributed by atoms with Crippen LogP contribution >= 0.6 is 27.3 Å². The first-order chi connectivity index (χ1) is 8.56. The van der Waals surface area contributed by atoms with Crippen LogP contribution in [0.2, 0.25) is 0 Å². The first-order valence-electron chi connectivity index (χ1n) is 5.52. The number of nitrogens with one attached hydrogen (secondary N) is 1. The van der Waals surface area contributed by atoms with Crippen LogP contribution in [-0.4, -0.2) is 10.9 Å². The van der Waals surface area contributed by atoms with Gasteiger partial charge in [-0.05, 0) is 53.5 Å². The number of nitrogens with zero attached hydrogens (tertiary/aromatic N) is 1. The number of amides is 1. The van der Waals surface area contributed by atoms with E-state index in [1.807, 2.05) is 0 Å². The number of halogens is 1. The summed E-state index contributed by atoms with van der Waals surface area (Å²) in [5.74, 6) is -0.147. The lowest BCUT2D eigenvalue weighted by molar-refractivity contribution is 0.0946. The highest BCUT2D eigenvalue weighted by molar-refractivity contribution is 9.10. The van der Waals surface area contributed by atoms with Crippen molar-refractivity contribution in [1.29, 1.82) is 0 Å². The van der Waals surface area contributed by atoms with Gasteiger partial charge in [-0.3, -0.25) is 4.79 Å². The number of aromatic nitrogens is 1. The summed E-state index contributed by atoms with van der Waals surface area (Å²) in [6, 6.07) is 5.61. The van der Waals surface area contributed by atoms with Crippen molar-refractivity contribution in [3.63, 3.8) is 0 Å². The van der Waals surface area contributed by atoms with Crippen LogP contribution in [0.1, 0.15) is 25.8 Å². The molecule has 0 atom stereocenters. The average molecular weight is 325 g/mol. The third-order valence-corrected chi connectivity index (χ3v) is 4.22. The molecular formula is C13H13BrN2OS. The van der Waals surface area contributed by atoms with Crippen LogP contribution in [0.15, 0.2) is 28.9 Å². The van der Waals surface area contributed by atoms with Gasteiger partial charge in [-0.25, -0.2) is 4.98 Å². The highest BCUT2D eigenvalue weighted by atomic mass is 79.9. The molecule has 1 N–H and O–H groups in total. The third kappa shape index (κ3) is 3.17. The topological polar surface area (TPSA) is 42.0 Å². The molecule has 5 heteroatoms. The van der Waals surface area contributed by atoms with Crippen molar-refractivity contribution in [3.05, 3.63) is 49.9 Å². The summed E-state index contributed by atoms with van der Waals surface area (Å²) in [5.41, 5.74) is 1.70. The fraction of sp³-hybridized carbons (Fsp3) is 0.231. The largest absolute Gasteiger partial charge is 0.346 e. The molecule has 0 unspecified atom stereocenters. The summed E-state index contributed by atoms with van der Waals surface area (Å²) in [4.78, 5) is 18.3. The zero-order chi connectivity index (χ0) is 13.1. The molecule has 94 valence electrons. The van der Waals surface area contributed by atoms with Crippen molar-refractivity contribution in [1.82, 2.24) is 10.3 Å². The monoisotopic (exact) mass is 324 g/mol. The highest BCUT2D eigenvalue weighted by Gasteiger charge is 2.08. The van der Waals surface area contributed by atoms with Crippen LogP contribution in [0, 0.1) is 13.8 Å². The van der Waals surface area contributed by atoms with Gasteiger partial charge in [0.1, 0.15) is 5.69 Å². The molecule has 0 spiro atoms. The Labute approximate surface area is 118 Å². The molecule has 2 aromatic heterocycles. The maximum Gasteiger partial charge on any atom is 0.270 e. The summed E-state index contributed by atoms with van der Waals surface area (Å²) < 4.78 is 0.864. The molecule has 0 aliphatic carbocycles. The Morgan fingerprint density at radius 2 is 2.22 bits per heavy atom. The van der Waals surface area contributed by atoms with Gasteiger partial charge in [0.2, 0.25) is 0 Å². The minimum atomic E-state index is -0.147. The summed E-state index contributed by atoms with van der Waals surface area (Å²) in [6.45, 7) is 4.71. The lowest BCUT2D eigenvalue weighted by Gasteiger charge is -2.02. The fourth-order valence-electron chi connectivity index (χ4n) is 1.50. The predicted octanol–water partition coefficient (Wildman–Crippen LogP) is 3.45. The van der Waals surface area contributed by atoms with Gasteiger partial charge in [0.05, 0.1) is 6.54 Å². The first kappa shape index (κ1) is 13.2. The third-order valence-electron chi connectivity index (χ3n) is 2.60. The second kappa shape index (κ2) is 5.63. The normalized spacial score (nSPS) is 10.4. The number of aryl methyl sites for hydroxylation is 2. The molecule has 0 aliphatic heterocycles. The van der Waals surface area contributed by atoms with Gasteiger partial charge >= 0.3 is 0 Å². The van der Waals surface area contributed by atoms with Crippen LogP contribution in [0.3, 0.4) is 0 Å². The van der Waals surface area contributed by atoms with Crippen LogP contribution in [0.5, 0.6) is 0 Å². The van der Waals surface area contributed by atoms with Crippen molar-refractivity contribution in [2.45, 2.75) is 20.4 Å². The summed E-state index contributed by atoms with van der Waals surface area (Å²) in [6.07, 6.45) is 1.62. The summed E-state index contributed by atoms with van der Waals surface area (Å²) in [7, 11) is 0. The lowest BCUT2D eigenvalue weighted by Crippen LogP contribution is -2.23. The van der Waals surface area contributed by atoms with Gasteiger partial charge in [0, 0.05) is 20.4 Å². The molecule has 2 heterocycles. The molecule has 0 fully saturated rings. The van der Waals surface area contributed by atoms with E-state index in [-0.39, 0.29) is 5.91 Å². The second-order valence-electron chi connectivity index (χ2n) is 4.00. The summed E-state index contributed by atoms with van der Waals surface area (Å²) >= 11 is 5.00. The van der Waals surface area contributed by atoms with Gasteiger partial charge in [0.25, 0.3) is 5.91 Å². The first-order valence-corrected chi connectivity index (χ1v) is 7.13. The number of pyridine rings is 1. The maximum absolute atomic E-state index is 11.8. The Bertz CT molecular complexity index is 543. The van der Waals surface area contributed by atoms with Crippen LogP contribution in [-0.2, 0) is 6.54 Å². The number of hydrogen-bond donors (Lipinski definition) is 1. The summed E-state index contributed by atoms with van der Waals surface area (Å²) in [5, 5.41) is 2.87. The van der Waals surface area contributed by atoms with Gasteiger partial charge in [-0.15, -0.1) is 11.3 Å². The average Bonchev–Trinajstić information content (AvgIpc) is 2.67. The molecule has 0 radical (unpaired) electrons. The van der Waals surface area contributed by atoms with E-state index in [4.69, 9.17) is 0 Å². The Morgan fingerprint density at radius 1 is 1.44 bits per heavy atom. The maximum atomic E-state index is 11.8. The number of rotatable bonds is 3. The quantitative estimate of drug-likeness (QED) is 0.939. The molecule has 3 nitrogen and oxygen atoms in total. The van der Waals surface area contributed by atoms with Gasteiger partial charge in [-0.2, -0.15) is 0 Å². The molecule has 0 bridgehead atoms. The van der Waals surface area contributed by atoms with E-state index >= 15 is 0 Å². The molecular weight excluding hydrogens is 312 g/mol. The number of hydrogen-bond acceptors (Lipinski definition) is 3. The Hall–Kier alpha value is -1.20. The molecule has 1 amide bonds. The molecule has 18 heavy (non-hydrogen) atoms. The molecule has 2 rings (SSSR count). The molecule has 0 saturated heterocycles.